The number of nitrogens with one attached hydrogen (secondary N) is 1. The summed E-state index contributed by atoms with van der Waals surface area (Å²) in [5, 5.41) is 6.12. The first-order valence-corrected chi connectivity index (χ1v) is 8.63. The number of hydrogen-bond donors (Lipinski definition) is 1. The quantitative estimate of drug-likeness (QED) is 0.627. The van der Waals surface area contributed by atoms with Crippen molar-refractivity contribution in [3.05, 3.63) is 76.4 Å². The number of furan rings is 1. The monoisotopic (exact) mass is 380 g/mol. The van der Waals surface area contributed by atoms with Crippen molar-refractivity contribution >= 4 is 23.1 Å². The number of para-hydroxylation sites is 1. The zero-order chi connectivity index (χ0) is 18.6. The second-order valence-electron chi connectivity index (χ2n) is 5.54. The predicted molar refractivity (Wildman–Crippen MR) is 92.7 cm³/mol. The van der Waals surface area contributed by atoms with Gasteiger partial charge in [-0.05, 0) is 46.7 Å². The second-order valence-corrected chi connectivity index (χ2v) is 6.32. The average Bonchev–Trinajstić information content (AvgIpc) is 3.27. The molecule has 2 heterocycles. The van der Waals surface area contributed by atoms with Crippen LogP contribution in [0.3, 0.4) is 0 Å². The molecule has 1 aromatic carbocycles. The Bertz CT molecular complexity index is 809. The normalized spacial score (nSPS) is 11.3. The van der Waals surface area contributed by atoms with Crippen molar-refractivity contribution in [3.63, 3.8) is 0 Å². The molecule has 0 aliphatic carbocycles. The Labute approximate surface area is 151 Å². The Morgan fingerprint density at radius 3 is 2.58 bits per heavy atom. The lowest BCUT2D eigenvalue weighted by Gasteiger charge is -2.23. The van der Waals surface area contributed by atoms with Gasteiger partial charge in [0.2, 0.25) is 0 Å². The molecule has 0 saturated heterocycles. The molecule has 3 rings (SSSR count). The van der Waals surface area contributed by atoms with Gasteiger partial charge < -0.3 is 14.6 Å². The number of carbonyl (C=O) groups excluding carboxylic acids is 1. The second kappa shape index (κ2) is 7.65. The van der Waals surface area contributed by atoms with Gasteiger partial charge in [-0.1, -0.05) is 12.1 Å². The van der Waals surface area contributed by atoms with E-state index in [1.807, 2.05) is 16.8 Å². The lowest BCUT2D eigenvalue weighted by atomic mass is 10.1. The average molecular weight is 380 g/mol. The van der Waals surface area contributed by atoms with E-state index in [9.17, 15) is 18.0 Å². The number of urea groups is 1. The van der Waals surface area contributed by atoms with Gasteiger partial charge in [0.25, 0.3) is 0 Å². The van der Waals surface area contributed by atoms with Crippen LogP contribution >= 0.6 is 11.3 Å². The summed E-state index contributed by atoms with van der Waals surface area (Å²) >= 11 is 1.48. The minimum atomic E-state index is -4.55. The largest absolute Gasteiger partial charge is 0.467 e. The SMILES string of the molecule is O=C(Nc1ccccc1C(F)(F)F)N(Cc1ccsc1)Cc1ccco1. The van der Waals surface area contributed by atoms with Crippen molar-refractivity contribution in [2.24, 2.45) is 0 Å². The van der Waals surface area contributed by atoms with Gasteiger partial charge in [0.05, 0.1) is 24.1 Å². The van der Waals surface area contributed by atoms with Crippen molar-refractivity contribution in [1.82, 2.24) is 4.90 Å². The Balaban J connectivity index is 1.81. The van der Waals surface area contributed by atoms with E-state index in [0.717, 1.165) is 11.6 Å². The highest BCUT2D eigenvalue weighted by atomic mass is 32.1. The number of halogens is 3. The van der Waals surface area contributed by atoms with Crippen LogP contribution in [-0.2, 0) is 19.3 Å². The molecule has 4 nitrogen and oxygen atoms in total. The van der Waals surface area contributed by atoms with E-state index in [-0.39, 0.29) is 18.8 Å². The first-order chi connectivity index (χ1) is 12.4. The van der Waals surface area contributed by atoms with Gasteiger partial charge in [-0.2, -0.15) is 24.5 Å². The maximum absolute atomic E-state index is 13.1. The third-order valence-electron chi connectivity index (χ3n) is 3.64. The van der Waals surface area contributed by atoms with Crippen molar-refractivity contribution in [2.45, 2.75) is 19.3 Å². The number of amides is 2. The van der Waals surface area contributed by atoms with Crippen LogP contribution in [0.2, 0.25) is 0 Å². The zero-order valence-electron chi connectivity index (χ0n) is 13.5. The Morgan fingerprint density at radius 1 is 1.12 bits per heavy atom. The van der Waals surface area contributed by atoms with Crippen LogP contribution in [0.5, 0.6) is 0 Å². The first kappa shape index (κ1) is 18.1. The molecule has 8 heteroatoms. The van der Waals surface area contributed by atoms with Crippen molar-refractivity contribution in [1.29, 1.82) is 0 Å². The van der Waals surface area contributed by atoms with E-state index in [1.165, 1.54) is 40.7 Å². The summed E-state index contributed by atoms with van der Waals surface area (Å²) < 4.78 is 44.7. The van der Waals surface area contributed by atoms with Crippen molar-refractivity contribution in [2.75, 3.05) is 5.32 Å². The fraction of sp³-hybridized carbons (Fsp3) is 0.167. The molecule has 0 radical (unpaired) electrons. The summed E-state index contributed by atoms with van der Waals surface area (Å²) in [6.45, 7) is 0.396. The molecule has 0 saturated carbocycles. The van der Waals surface area contributed by atoms with Crippen LogP contribution in [-0.4, -0.2) is 10.9 Å². The van der Waals surface area contributed by atoms with Crippen LogP contribution in [0.4, 0.5) is 23.7 Å². The number of benzene rings is 1. The zero-order valence-corrected chi connectivity index (χ0v) is 14.3. The maximum Gasteiger partial charge on any atom is 0.418 e. The van der Waals surface area contributed by atoms with Gasteiger partial charge in [0, 0.05) is 6.54 Å². The predicted octanol–water partition coefficient (Wildman–Crippen LogP) is 5.59. The highest BCUT2D eigenvalue weighted by Crippen LogP contribution is 2.34. The minimum Gasteiger partial charge on any atom is -0.467 e. The standard InChI is InChI=1S/C18H15F3N2O2S/c19-18(20,21)15-5-1-2-6-16(15)22-17(24)23(10-13-7-9-26-12-13)11-14-4-3-8-25-14/h1-9,12H,10-11H2,(H,22,24). The van der Waals surface area contributed by atoms with Crippen molar-refractivity contribution in [3.8, 4) is 0 Å². The Hall–Kier alpha value is -2.74. The van der Waals surface area contributed by atoms with Crippen LogP contribution in [0, 0.1) is 0 Å². The number of rotatable bonds is 5. The summed E-state index contributed by atoms with van der Waals surface area (Å²) in [5.74, 6) is 0.541. The molecule has 26 heavy (non-hydrogen) atoms. The highest BCUT2D eigenvalue weighted by Gasteiger charge is 2.34. The summed E-state index contributed by atoms with van der Waals surface area (Å²) in [6, 6.07) is 9.51. The van der Waals surface area contributed by atoms with Gasteiger partial charge in [-0.3, -0.25) is 0 Å². The molecule has 0 fully saturated rings. The van der Waals surface area contributed by atoms with E-state index in [1.54, 1.807) is 12.1 Å². The molecule has 0 unspecified atom stereocenters. The lowest BCUT2D eigenvalue weighted by Crippen LogP contribution is -2.34. The number of alkyl halides is 3. The van der Waals surface area contributed by atoms with E-state index in [2.05, 4.69) is 5.32 Å². The Morgan fingerprint density at radius 2 is 1.92 bits per heavy atom. The summed E-state index contributed by atoms with van der Waals surface area (Å²) in [5.41, 5.74) is -0.276. The van der Waals surface area contributed by atoms with E-state index in [0.29, 0.717) is 5.76 Å². The topological polar surface area (TPSA) is 45.5 Å². The number of anilines is 1. The third kappa shape index (κ3) is 4.45. The third-order valence-corrected chi connectivity index (χ3v) is 4.37. The van der Waals surface area contributed by atoms with Crippen molar-refractivity contribution < 1.29 is 22.4 Å². The summed E-state index contributed by atoms with van der Waals surface area (Å²) in [7, 11) is 0. The molecule has 2 aromatic heterocycles. The molecular formula is C18H15F3N2O2S. The van der Waals surface area contributed by atoms with E-state index in [4.69, 9.17) is 4.42 Å². The number of thiophene rings is 1. The van der Waals surface area contributed by atoms with Gasteiger partial charge in [-0.25, -0.2) is 4.79 Å². The van der Waals surface area contributed by atoms with Crippen LogP contribution < -0.4 is 5.32 Å². The van der Waals surface area contributed by atoms with E-state index < -0.39 is 17.8 Å². The molecule has 3 aromatic rings. The van der Waals surface area contributed by atoms with Crippen LogP contribution in [0.15, 0.2) is 63.9 Å². The van der Waals surface area contributed by atoms with Gasteiger partial charge in [-0.15, -0.1) is 0 Å². The molecule has 0 aliphatic rings. The number of nitrogens with zero attached hydrogens (tertiary/aromatic N) is 1. The Kier molecular flexibility index (Phi) is 5.32. The lowest BCUT2D eigenvalue weighted by molar-refractivity contribution is -0.136. The molecular weight excluding hydrogens is 365 g/mol. The van der Waals surface area contributed by atoms with Crippen LogP contribution in [0.1, 0.15) is 16.9 Å². The maximum atomic E-state index is 13.1. The molecule has 1 N–H and O–H groups in total. The highest BCUT2D eigenvalue weighted by molar-refractivity contribution is 7.07. The van der Waals surface area contributed by atoms with Gasteiger partial charge >= 0.3 is 12.2 Å². The number of carbonyl (C=O) groups is 1. The van der Waals surface area contributed by atoms with Crippen LogP contribution in [0.25, 0.3) is 0 Å². The molecule has 0 bridgehead atoms. The van der Waals surface area contributed by atoms with E-state index >= 15 is 0 Å². The smallest absolute Gasteiger partial charge is 0.418 e. The molecule has 2 amide bonds. The fourth-order valence-corrected chi connectivity index (χ4v) is 3.09. The first-order valence-electron chi connectivity index (χ1n) is 7.69. The molecule has 0 spiro atoms. The minimum absolute atomic E-state index is 0.142. The summed E-state index contributed by atoms with van der Waals surface area (Å²) in [4.78, 5) is 14.1. The molecule has 0 atom stereocenters. The number of hydrogen-bond acceptors (Lipinski definition) is 3. The van der Waals surface area contributed by atoms with Gasteiger partial charge in [0.15, 0.2) is 0 Å². The molecule has 0 aliphatic heterocycles. The fourth-order valence-electron chi connectivity index (χ4n) is 2.43. The van der Waals surface area contributed by atoms with Gasteiger partial charge in [0.1, 0.15) is 5.76 Å². The summed E-state index contributed by atoms with van der Waals surface area (Å²) in [6.07, 6.45) is -3.07. The molecule has 136 valence electrons.